The van der Waals surface area contributed by atoms with Crippen LogP contribution in [0.5, 0.6) is 23.0 Å². The first-order valence-corrected chi connectivity index (χ1v) is 11.5. The van der Waals surface area contributed by atoms with Gasteiger partial charge in [0.05, 0.1) is 11.1 Å². The molecule has 0 spiro atoms. The minimum atomic E-state index is -0.108. The van der Waals surface area contributed by atoms with Crippen molar-refractivity contribution >= 4 is 22.8 Å². The van der Waals surface area contributed by atoms with Crippen molar-refractivity contribution in [2.75, 3.05) is 13.5 Å². The Morgan fingerprint density at radius 1 is 0.971 bits per heavy atom. The number of para-hydroxylation sites is 1. The van der Waals surface area contributed by atoms with E-state index in [1.165, 1.54) is 0 Å². The molecule has 0 unspecified atom stereocenters. The first kappa shape index (κ1) is 20.2. The van der Waals surface area contributed by atoms with Gasteiger partial charge < -0.3 is 23.5 Å². The van der Waals surface area contributed by atoms with Crippen LogP contribution in [0.3, 0.4) is 0 Å². The molecule has 7 rings (SSSR count). The van der Waals surface area contributed by atoms with Crippen LogP contribution in [0.2, 0.25) is 0 Å². The third-order valence-electron chi connectivity index (χ3n) is 6.74. The largest absolute Gasteiger partial charge is 0.478 e. The maximum Gasteiger partial charge on any atom is 0.231 e. The Morgan fingerprint density at radius 3 is 2.77 bits per heavy atom. The number of aromatic nitrogens is 1. The quantitative estimate of drug-likeness (QED) is 0.401. The van der Waals surface area contributed by atoms with Crippen LogP contribution in [0.1, 0.15) is 27.0 Å². The second-order valence-electron chi connectivity index (χ2n) is 9.02. The molecule has 0 atom stereocenters. The normalized spacial score (nSPS) is 17.4. The molecule has 7 heteroatoms. The lowest BCUT2D eigenvalue weighted by atomic mass is 10.0. The maximum absolute atomic E-state index is 13.2. The van der Waals surface area contributed by atoms with E-state index in [1.807, 2.05) is 55.7 Å². The maximum atomic E-state index is 13.2. The van der Waals surface area contributed by atoms with Crippen LogP contribution in [-0.2, 0) is 20.1 Å². The Balaban J connectivity index is 1.18. The van der Waals surface area contributed by atoms with E-state index < -0.39 is 0 Å². The number of nitrogens with zero attached hydrogens (tertiary/aromatic N) is 2. The highest BCUT2D eigenvalue weighted by Crippen LogP contribution is 2.43. The summed E-state index contributed by atoms with van der Waals surface area (Å²) in [7, 11) is 2.00. The number of carbonyl (C=O) groups excluding carboxylic acids is 1. The van der Waals surface area contributed by atoms with Crippen LogP contribution in [0, 0.1) is 0 Å². The highest BCUT2D eigenvalue weighted by molar-refractivity contribution is 6.15. The molecule has 4 heterocycles. The predicted octanol–water partition coefficient (Wildman–Crippen LogP) is 4.88. The summed E-state index contributed by atoms with van der Waals surface area (Å²) in [5, 5.41) is 1.08. The van der Waals surface area contributed by atoms with E-state index in [0.29, 0.717) is 36.9 Å². The van der Waals surface area contributed by atoms with Gasteiger partial charge in [-0.25, -0.2) is 0 Å². The fourth-order valence-corrected chi connectivity index (χ4v) is 5.03. The van der Waals surface area contributed by atoms with E-state index in [9.17, 15) is 4.79 Å². The summed E-state index contributed by atoms with van der Waals surface area (Å²) in [6, 6.07) is 17.8. The summed E-state index contributed by atoms with van der Waals surface area (Å²) >= 11 is 0. The molecule has 3 aliphatic rings. The van der Waals surface area contributed by atoms with Crippen LogP contribution >= 0.6 is 0 Å². The van der Waals surface area contributed by atoms with E-state index in [-0.39, 0.29) is 12.6 Å². The highest BCUT2D eigenvalue weighted by Gasteiger charge is 2.34. The Hall–Kier alpha value is -4.23. The molecule has 0 N–H and O–H groups in total. The number of ether oxygens (including phenoxy) is 4. The second-order valence-corrected chi connectivity index (χ2v) is 9.02. The van der Waals surface area contributed by atoms with Gasteiger partial charge in [-0.15, -0.1) is 0 Å². The SMILES string of the molecule is Cn1cc(/C=C2\Oc3c(ccc4c3CN(Cc3ccc5c(c3)OCO5)CO4)C2=O)c2ccccc21. The molecule has 0 amide bonds. The molecule has 0 saturated carbocycles. The molecule has 35 heavy (non-hydrogen) atoms. The number of rotatable bonds is 3. The molecule has 1 aromatic heterocycles. The molecule has 0 radical (unpaired) electrons. The Bertz CT molecular complexity index is 1550. The Morgan fingerprint density at radius 2 is 1.83 bits per heavy atom. The fourth-order valence-electron chi connectivity index (χ4n) is 5.03. The molecule has 3 aliphatic heterocycles. The van der Waals surface area contributed by atoms with Crippen molar-refractivity contribution < 1.29 is 23.7 Å². The third-order valence-corrected chi connectivity index (χ3v) is 6.74. The first-order chi connectivity index (χ1) is 17.1. The van der Waals surface area contributed by atoms with Crippen LogP contribution in [-0.4, -0.2) is 28.8 Å². The summed E-state index contributed by atoms with van der Waals surface area (Å²) in [5.74, 6) is 3.10. The van der Waals surface area contributed by atoms with Crippen LogP contribution in [0.15, 0.2) is 66.6 Å². The molecular weight excluding hydrogens is 444 g/mol. The minimum absolute atomic E-state index is 0.108. The first-order valence-electron chi connectivity index (χ1n) is 11.5. The van der Waals surface area contributed by atoms with E-state index in [1.54, 1.807) is 6.07 Å². The summed E-state index contributed by atoms with van der Waals surface area (Å²) in [6.07, 6.45) is 3.86. The van der Waals surface area contributed by atoms with Crippen molar-refractivity contribution in [3.05, 3.63) is 88.8 Å². The van der Waals surface area contributed by atoms with Crippen molar-refractivity contribution in [1.29, 1.82) is 0 Å². The standard InChI is InChI=1S/C28H22N2O5/c1-29-13-18(19-4-2-3-5-22(19)29)11-26-27(31)20-7-9-23-21(28(20)35-26)14-30(15-32-23)12-17-6-8-24-25(10-17)34-16-33-24/h2-11,13H,12,14-16H2,1H3/b26-11-. The molecule has 3 aromatic carbocycles. The molecule has 0 saturated heterocycles. The van der Waals surface area contributed by atoms with Gasteiger partial charge in [0.1, 0.15) is 18.2 Å². The van der Waals surface area contributed by atoms with Crippen molar-refractivity contribution in [3.63, 3.8) is 0 Å². The van der Waals surface area contributed by atoms with Gasteiger partial charge >= 0.3 is 0 Å². The molecule has 0 fully saturated rings. The number of hydrogen-bond acceptors (Lipinski definition) is 6. The number of allylic oxidation sites excluding steroid dienone is 1. The molecule has 0 bridgehead atoms. The summed E-state index contributed by atoms with van der Waals surface area (Å²) in [5.41, 5.74) is 4.62. The number of aryl methyl sites for hydroxylation is 1. The van der Waals surface area contributed by atoms with Crippen molar-refractivity contribution in [3.8, 4) is 23.0 Å². The van der Waals surface area contributed by atoms with Gasteiger partial charge in [0.25, 0.3) is 0 Å². The van der Waals surface area contributed by atoms with Gasteiger partial charge in [0.2, 0.25) is 12.6 Å². The molecule has 4 aromatic rings. The van der Waals surface area contributed by atoms with E-state index in [4.69, 9.17) is 18.9 Å². The molecule has 0 aliphatic carbocycles. The number of benzene rings is 3. The average Bonchev–Trinajstić information content (AvgIpc) is 3.56. The summed E-state index contributed by atoms with van der Waals surface area (Å²) in [4.78, 5) is 15.4. The average molecular weight is 466 g/mol. The number of Topliss-reactive ketones (excluding diaryl/α,β-unsaturated/α-hetero) is 1. The molecule has 7 nitrogen and oxygen atoms in total. The van der Waals surface area contributed by atoms with E-state index >= 15 is 0 Å². The van der Waals surface area contributed by atoms with Crippen molar-refractivity contribution in [1.82, 2.24) is 9.47 Å². The second kappa shape index (κ2) is 7.65. The summed E-state index contributed by atoms with van der Waals surface area (Å²) in [6.45, 7) is 1.99. The Kier molecular flexibility index (Phi) is 4.41. The minimum Gasteiger partial charge on any atom is -0.478 e. The van der Waals surface area contributed by atoms with Gasteiger partial charge in [-0.2, -0.15) is 0 Å². The monoisotopic (exact) mass is 466 g/mol. The third kappa shape index (κ3) is 3.27. The molecular formula is C28H22N2O5. The van der Waals surface area contributed by atoms with Crippen molar-refractivity contribution in [2.45, 2.75) is 13.1 Å². The van der Waals surface area contributed by atoms with Gasteiger partial charge in [-0.3, -0.25) is 9.69 Å². The van der Waals surface area contributed by atoms with Crippen LogP contribution in [0.25, 0.3) is 17.0 Å². The number of fused-ring (bicyclic) bond motifs is 5. The van der Waals surface area contributed by atoms with E-state index in [2.05, 4.69) is 21.6 Å². The van der Waals surface area contributed by atoms with Gasteiger partial charge in [-0.05, 0) is 42.0 Å². The lowest BCUT2D eigenvalue weighted by molar-refractivity contribution is 0.0872. The van der Waals surface area contributed by atoms with E-state index in [0.717, 1.165) is 44.8 Å². The number of ketones is 1. The van der Waals surface area contributed by atoms with Gasteiger partial charge in [0.15, 0.2) is 17.3 Å². The number of carbonyl (C=O) groups is 1. The number of hydrogen-bond donors (Lipinski definition) is 0. The topological polar surface area (TPSA) is 62.2 Å². The van der Waals surface area contributed by atoms with Crippen LogP contribution < -0.4 is 18.9 Å². The Labute approximate surface area is 201 Å². The summed E-state index contributed by atoms with van der Waals surface area (Å²) < 4.78 is 25.2. The predicted molar refractivity (Wildman–Crippen MR) is 130 cm³/mol. The van der Waals surface area contributed by atoms with Crippen molar-refractivity contribution in [2.24, 2.45) is 7.05 Å². The zero-order valence-electron chi connectivity index (χ0n) is 19.1. The lowest BCUT2D eigenvalue weighted by Gasteiger charge is -2.29. The fraction of sp³-hybridized carbons (Fsp3) is 0.179. The zero-order valence-corrected chi connectivity index (χ0v) is 19.1. The zero-order chi connectivity index (χ0) is 23.5. The molecule has 174 valence electrons. The smallest absolute Gasteiger partial charge is 0.231 e. The highest BCUT2D eigenvalue weighted by atomic mass is 16.7. The van der Waals surface area contributed by atoms with Gasteiger partial charge in [0, 0.05) is 42.8 Å². The lowest BCUT2D eigenvalue weighted by Crippen LogP contribution is -2.31. The van der Waals surface area contributed by atoms with Crippen LogP contribution in [0.4, 0.5) is 0 Å². The van der Waals surface area contributed by atoms with Gasteiger partial charge in [-0.1, -0.05) is 24.3 Å².